The Morgan fingerprint density at radius 3 is 2.20 bits per heavy atom. The molecule has 0 spiro atoms. The molecule has 1 aromatic heterocycles. The number of hydrogen-bond acceptors (Lipinski definition) is 2. The summed E-state index contributed by atoms with van der Waals surface area (Å²) in [6.07, 6.45) is 1.16. The molecule has 0 aliphatic rings. The summed E-state index contributed by atoms with van der Waals surface area (Å²) >= 11 is 5.57. The van der Waals surface area contributed by atoms with Crippen LogP contribution in [0.25, 0.3) is 5.69 Å². The largest absolute Gasteiger partial charge is 0.272 e. The highest BCUT2D eigenvalue weighted by Gasteiger charge is 2.13. The quantitative estimate of drug-likeness (QED) is 0.708. The van der Waals surface area contributed by atoms with Gasteiger partial charge >= 0.3 is 0 Å². The highest BCUT2D eigenvalue weighted by Crippen LogP contribution is 2.19. The topological polar surface area (TPSA) is 30.7 Å². The Kier molecular flexibility index (Phi) is 2.36. The fourth-order valence-corrected chi connectivity index (χ4v) is 1.26. The first-order chi connectivity index (χ1) is 7.09. The van der Waals surface area contributed by atoms with Gasteiger partial charge in [0.05, 0.1) is 5.69 Å². The van der Waals surface area contributed by atoms with Crippen molar-refractivity contribution in [2.45, 2.75) is 0 Å². The Hall–Kier alpha value is -1.56. The number of halogens is 4. The molecule has 2 aromatic rings. The van der Waals surface area contributed by atoms with Gasteiger partial charge in [-0.2, -0.15) is 0 Å². The second kappa shape index (κ2) is 3.54. The maximum atomic E-state index is 12.9. The lowest BCUT2D eigenvalue weighted by atomic mass is 10.3. The van der Waals surface area contributed by atoms with Crippen molar-refractivity contribution in [1.82, 2.24) is 14.8 Å². The van der Waals surface area contributed by atoms with Crippen molar-refractivity contribution in [3.05, 3.63) is 41.2 Å². The van der Waals surface area contributed by atoms with E-state index in [1.165, 1.54) is 0 Å². The van der Waals surface area contributed by atoms with Crippen molar-refractivity contribution in [2.24, 2.45) is 0 Å². The van der Waals surface area contributed by atoms with Crippen LogP contribution in [0.15, 0.2) is 18.5 Å². The van der Waals surface area contributed by atoms with Crippen LogP contribution in [-0.2, 0) is 0 Å². The van der Waals surface area contributed by atoms with Crippen molar-refractivity contribution >= 4 is 11.6 Å². The van der Waals surface area contributed by atoms with E-state index in [0.29, 0.717) is 0 Å². The Balaban J connectivity index is 2.60. The Morgan fingerprint density at radius 2 is 1.73 bits per heavy atom. The summed E-state index contributed by atoms with van der Waals surface area (Å²) in [5.41, 5.74) is 0.0152. The van der Waals surface area contributed by atoms with Crippen LogP contribution in [0.3, 0.4) is 0 Å². The molecule has 0 fully saturated rings. The van der Waals surface area contributed by atoms with Gasteiger partial charge < -0.3 is 0 Å². The van der Waals surface area contributed by atoms with Crippen LogP contribution in [0, 0.1) is 17.5 Å². The van der Waals surface area contributed by atoms with Gasteiger partial charge in [-0.15, -0.1) is 10.2 Å². The number of benzene rings is 1. The second-order valence-corrected chi connectivity index (χ2v) is 3.03. The van der Waals surface area contributed by atoms with Gasteiger partial charge in [0.25, 0.3) is 0 Å². The van der Waals surface area contributed by atoms with Crippen molar-refractivity contribution < 1.29 is 13.2 Å². The highest BCUT2D eigenvalue weighted by molar-refractivity contribution is 6.28. The van der Waals surface area contributed by atoms with Gasteiger partial charge in [-0.25, -0.2) is 13.2 Å². The lowest BCUT2D eigenvalue weighted by Gasteiger charge is -2.03. The second-order valence-electron chi connectivity index (χ2n) is 2.69. The third-order valence-electron chi connectivity index (χ3n) is 1.75. The summed E-state index contributed by atoms with van der Waals surface area (Å²) < 4.78 is 39.5. The minimum atomic E-state index is -1.53. The first-order valence-corrected chi connectivity index (χ1v) is 4.18. The maximum Gasteiger partial charge on any atom is 0.229 e. The fraction of sp³-hybridized carbons (Fsp3) is 0. The molecule has 0 bridgehead atoms. The van der Waals surface area contributed by atoms with E-state index < -0.39 is 17.5 Å². The number of aromatic nitrogens is 3. The van der Waals surface area contributed by atoms with Gasteiger partial charge in [0.1, 0.15) is 6.33 Å². The molecule has 0 N–H and O–H groups in total. The molecule has 0 aliphatic carbocycles. The first kappa shape index (κ1) is 9.97. The lowest BCUT2D eigenvalue weighted by Crippen LogP contribution is -1.98. The van der Waals surface area contributed by atoms with E-state index in [4.69, 9.17) is 11.6 Å². The molecule has 3 nitrogen and oxygen atoms in total. The summed E-state index contributed by atoms with van der Waals surface area (Å²) in [5, 5.41) is 6.77. The van der Waals surface area contributed by atoms with Crippen LogP contribution in [0.5, 0.6) is 0 Å². The average Bonchev–Trinajstić information content (AvgIpc) is 2.60. The van der Waals surface area contributed by atoms with Gasteiger partial charge in [0, 0.05) is 12.1 Å². The molecule has 7 heteroatoms. The van der Waals surface area contributed by atoms with Gasteiger partial charge in [-0.3, -0.25) is 4.57 Å². The molecule has 2 rings (SSSR count). The van der Waals surface area contributed by atoms with E-state index >= 15 is 0 Å². The van der Waals surface area contributed by atoms with Crippen molar-refractivity contribution in [3.8, 4) is 5.69 Å². The van der Waals surface area contributed by atoms with E-state index in [-0.39, 0.29) is 11.0 Å². The molecule has 0 saturated heterocycles. The van der Waals surface area contributed by atoms with Crippen LogP contribution in [0.1, 0.15) is 0 Å². The molecule has 0 unspecified atom stereocenters. The molecule has 15 heavy (non-hydrogen) atoms. The predicted octanol–water partition coefficient (Wildman–Crippen LogP) is 2.34. The summed E-state index contributed by atoms with van der Waals surface area (Å²) in [4.78, 5) is 0. The molecule has 0 aliphatic heterocycles. The van der Waals surface area contributed by atoms with E-state index in [9.17, 15) is 13.2 Å². The predicted molar refractivity (Wildman–Crippen MR) is 46.2 cm³/mol. The highest BCUT2D eigenvalue weighted by atomic mass is 35.5. The molecule has 1 heterocycles. The minimum absolute atomic E-state index is 0.0152. The van der Waals surface area contributed by atoms with Crippen LogP contribution in [-0.4, -0.2) is 14.8 Å². The van der Waals surface area contributed by atoms with Crippen molar-refractivity contribution in [2.75, 3.05) is 0 Å². The zero-order valence-corrected chi connectivity index (χ0v) is 7.84. The van der Waals surface area contributed by atoms with E-state index in [1.807, 2.05) is 0 Å². The monoisotopic (exact) mass is 233 g/mol. The van der Waals surface area contributed by atoms with Crippen molar-refractivity contribution in [3.63, 3.8) is 0 Å². The number of hydrogen-bond donors (Lipinski definition) is 0. The van der Waals surface area contributed by atoms with Crippen molar-refractivity contribution in [1.29, 1.82) is 0 Å². The maximum absolute atomic E-state index is 12.9. The Morgan fingerprint density at radius 1 is 1.13 bits per heavy atom. The summed E-state index contributed by atoms with van der Waals surface area (Å²) in [7, 11) is 0. The van der Waals surface area contributed by atoms with E-state index in [1.54, 1.807) is 0 Å². The molecule has 78 valence electrons. The van der Waals surface area contributed by atoms with E-state index in [0.717, 1.165) is 23.0 Å². The average molecular weight is 234 g/mol. The van der Waals surface area contributed by atoms with Gasteiger partial charge in [0.15, 0.2) is 17.5 Å². The zero-order chi connectivity index (χ0) is 11.0. The SMILES string of the molecule is Fc1cc(-n2cnnc2Cl)cc(F)c1F. The molecule has 0 saturated carbocycles. The standard InChI is InChI=1S/C8H3ClF3N3/c9-8-14-13-3-15(8)4-1-5(10)7(12)6(11)2-4/h1-3H. The van der Waals surface area contributed by atoms with Crippen LogP contribution in [0.2, 0.25) is 5.28 Å². The minimum Gasteiger partial charge on any atom is -0.272 e. The molecule has 0 amide bonds. The zero-order valence-electron chi connectivity index (χ0n) is 7.09. The number of nitrogens with zero attached hydrogens (tertiary/aromatic N) is 3. The molecule has 1 aromatic carbocycles. The third-order valence-corrected chi connectivity index (χ3v) is 2.01. The van der Waals surface area contributed by atoms with Crippen LogP contribution in [0.4, 0.5) is 13.2 Å². The fourth-order valence-electron chi connectivity index (χ4n) is 1.08. The summed E-state index contributed by atoms with van der Waals surface area (Å²) in [5.74, 6) is -4.12. The summed E-state index contributed by atoms with van der Waals surface area (Å²) in [6, 6.07) is 1.60. The van der Waals surface area contributed by atoms with Crippen LogP contribution < -0.4 is 0 Å². The van der Waals surface area contributed by atoms with Gasteiger partial charge in [-0.05, 0) is 11.6 Å². The van der Waals surface area contributed by atoms with Gasteiger partial charge in [0.2, 0.25) is 5.28 Å². The lowest BCUT2D eigenvalue weighted by molar-refractivity contribution is 0.446. The summed E-state index contributed by atoms with van der Waals surface area (Å²) in [6.45, 7) is 0. The Labute approximate surface area is 87.1 Å². The van der Waals surface area contributed by atoms with Crippen LogP contribution >= 0.6 is 11.6 Å². The number of rotatable bonds is 1. The smallest absolute Gasteiger partial charge is 0.229 e. The molecule has 0 radical (unpaired) electrons. The first-order valence-electron chi connectivity index (χ1n) is 3.80. The normalized spacial score (nSPS) is 10.7. The van der Waals surface area contributed by atoms with Gasteiger partial charge in [-0.1, -0.05) is 0 Å². The molecular formula is C8H3ClF3N3. The molecular weight excluding hydrogens is 231 g/mol. The Bertz CT molecular complexity index is 489. The van der Waals surface area contributed by atoms with E-state index in [2.05, 4.69) is 10.2 Å². The third kappa shape index (κ3) is 1.68. The molecule has 0 atom stereocenters.